The van der Waals surface area contributed by atoms with Gasteiger partial charge in [-0.3, -0.25) is 9.69 Å². The number of carbonyl (C=O) groups excluding carboxylic acids is 1. The largest absolute Gasteiger partial charge is 0.340 e. The van der Waals surface area contributed by atoms with Crippen molar-refractivity contribution in [2.45, 2.75) is 59.0 Å². The molecule has 0 aliphatic carbocycles. The molecule has 1 unspecified atom stereocenters. The summed E-state index contributed by atoms with van der Waals surface area (Å²) in [5.41, 5.74) is 4.30. The summed E-state index contributed by atoms with van der Waals surface area (Å²) < 4.78 is 1.98. The van der Waals surface area contributed by atoms with E-state index in [1.165, 1.54) is 6.42 Å². The Bertz CT molecular complexity index is 766. The lowest BCUT2D eigenvalue weighted by molar-refractivity contribution is -0.137. The molecule has 1 fully saturated rings. The fourth-order valence-corrected chi connectivity index (χ4v) is 4.12. The van der Waals surface area contributed by atoms with Crippen LogP contribution < -0.4 is 0 Å². The highest BCUT2D eigenvalue weighted by Crippen LogP contribution is 2.22. The highest BCUT2D eigenvalue weighted by Gasteiger charge is 2.30. The van der Waals surface area contributed by atoms with E-state index in [0.717, 1.165) is 55.0 Å². The van der Waals surface area contributed by atoms with Crippen molar-refractivity contribution < 1.29 is 4.79 Å². The van der Waals surface area contributed by atoms with E-state index in [1.54, 1.807) is 0 Å². The molecule has 5 nitrogen and oxygen atoms in total. The molecule has 1 aliphatic heterocycles. The molecule has 146 valence electrons. The molecule has 1 aromatic heterocycles. The minimum atomic E-state index is 0.0356. The molecule has 1 amide bonds. The number of rotatable bonds is 6. The van der Waals surface area contributed by atoms with Gasteiger partial charge in [-0.15, -0.1) is 0 Å². The smallest absolute Gasteiger partial charge is 0.239 e. The molecule has 1 atom stereocenters. The van der Waals surface area contributed by atoms with E-state index in [2.05, 4.69) is 30.9 Å². The number of amides is 1. The quantitative estimate of drug-likeness (QED) is 0.780. The minimum Gasteiger partial charge on any atom is -0.340 e. The standard InChI is InChI=1S/C22H32N4O/c1-5-14-25-15-10-9-13-21(25)22(27)24(4)16-20-17(2)23-26(18(20)3)19-11-7-6-8-12-19/h6-8,11-12,21H,5,9-10,13-16H2,1-4H3. The number of nitrogens with zero attached hydrogens (tertiary/aromatic N) is 4. The van der Waals surface area contributed by atoms with Gasteiger partial charge in [0.15, 0.2) is 0 Å². The van der Waals surface area contributed by atoms with Crippen LogP contribution in [0.2, 0.25) is 0 Å². The first kappa shape index (κ1) is 19.6. The van der Waals surface area contributed by atoms with Crippen molar-refractivity contribution in [2.24, 2.45) is 0 Å². The molecule has 1 saturated heterocycles. The molecule has 3 rings (SSSR count). The van der Waals surface area contributed by atoms with Crippen LogP contribution in [0.3, 0.4) is 0 Å². The van der Waals surface area contributed by atoms with Crippen LogP contribution in [-0.4, -0.2) is 51.7 Å². The van der Waals surface area contributed by atoms with Gasteiger partial charge in [0.05, 0.1) is 17.4 Å². The van der Waals surface area contributed by atoms with Gasteiger partial charge in [0.1, 0.15) is 0 Å². The van der Waals surface area contributed by atoms with Gasteiger partial charge >= 0.3 is 0 Å². The predicted octanol–water partition coefficient (Wildman–Crippen LogP) is 3.71. The first-order valence-corrected chi connectivity index (χ1v) is 10.1. The third kappa shape index (κ3) is 4.24. The third-order valence-electron chi connectivity index (χ3n) is 5.62. The van der Waals surface area contributed by atoms with Gasteiger partial charge in [-0.2, -0.15) is 5.10 Å². The van der Waals surface area contributed by atoms with Gasteiger partial charge in [0, 0.05) is 24.8 Å². The van der Waals surface area contributed by atoms with Crippen LogP contribution in [-0.2, 0) is 11.3 Å². The molecule has 1 aromatic carbocycles. The van der Waals surface area contributed by atoms with E-state index in [9.17, 15) is 4.79 Å². The average molecular weight is 369 g/mol. The van der Waals surface area contributed by atoms with Gasteiger partial charge < -0.3 is 4.90 Å². The van der Waals surface area contributed by atoms with E-state index >= 15 is 0 Å². The molecule has 0 spiro atoms. The van der Waals surface area contributed by atoms with Crippen molar-refractivity contribution in [3.8, 4) is 5.69 Å². The SMILES string of the molecule is CCCN1CCCCC1C(=O)N(C)Cc1c(C)nn(-c2ccccc2)c1C. The Kier molecular flexibility index (Phi) is 6.32. The number of benzene rings is 1. The first-order valence-electron chi connectivity index (χ1n) is 10.1. The fourth-order valence-electron chi connectivity index (χ4n) is 4.12. The summed E-state index contributed by atoms with van der Waals surface area (Å²) in [5.74, 6) is 0.245. The topological polar surface area (TPSA) is 41.4 Å². The number of aromatic nitrogens is 2. The Morgan fingerprint density at radius 3 is 2.67 bits per heavy atom. The van der Waals surface area contributed by atoms with Crippen LogP contribution in [0.5, 0.6) is 0 Å². The van der Waals surface area contributed by atoms with Crippen LogP contribution in [0, 0.1) is 13.8 Å². The van der Waals surface area contributed by atoms with E-state index in [1.807, 2.05) is 41.8 Å². The molecule has 2 heterocycles. The number of aryl methyl sites for hydroxylation is 1. The number of para-hydroxylation sites is 1. The van der Waals surface area contributed by atoms with Gasteiger partial charge in [-0.05, 0) is 58.3 Å². The number of likely N-dealkylation sites (N-methyl/N-ethyl adjacent to an activating group) is 1. The summed E-state index contributed by atoms with van der Waals surface area (Å²) in [5, 5.41) is 4.72. The Labute approximate surface area is 163 Å². The van der Waals surface area contributed by atoms with Crippen molar-refractivity contribution in [2.75, 3.05) is 20.1 Å². The number of piperidine rings is 1. The highest BCUT2D eigenvalue weighted by atomic mass is 16.2. The number of carbonyl (C=O) groups is 1. The molecule has 5 heteroatoms. The predicted molar refractivity (Wildman–Crippen MR) is 109 cm³/mol. The molecular formula is C22H32N4O. The molecule has 0 N–H and O–H groups in total. The zero-order valence-electron chi connectivity index (χ0n) is 17.1. The van der Waals surface area contributed by atoms with Crippen molar-refractivity contribution >= 4 is 5.91 Å². The monoisotopic (exact) mass is 368 g/mol. The van der Waals surface area contributed by atoms with Crippen LogP contribution >= 0.6 is 0 Å². The van der Waals surface area contributed by atoms with Crippen LogP contribution in [0.15, 0.2) is 30.3 Å². The van der Waals surface area contributed by atoms with Crippen LogP contribution in [0.1, 0.15) is 49.6 Å². The second-order valence-electron chi connectivity index (χ2n) is 7.64. The second kappa shape index (κ2) is 8.70. The van der Waals surface area contributed by atoms with Crippen molar-refractivity contribution in [3.05, 3.63) is 47.3 Å². The maximum absolute atomic E-state index is 13.1. The maximum atomic E-state index is 13.1. The summed E-state index contributed by atoms with van der Waals surface area (Å²) >= 11 is 0. The zero-order chi connectivity index (χ0) is 19.4. The lowest BCUT2D eigenvalue weighted by Crippen LogP contribution is -2.50. The Morgan fingerprint density at radius 1 is 1.22 bits per heavy atom. The molecule has 2 aromatic rings. The lowest BCUT2D eigenvalue weighted by atomic mass is 10.0. The number of hydrogen-bond acceptors (Lipinski definition) is 3. The molecule has 0 bridgehead atoms. The Hall–Kier alpha value is -2.14. The highest BCUT2D eigenvalue weighted by molar-refractivity contribution is 5.81. The van der Waals surface area contributed by atoms with Gasteiger partial charge in [0.25, 0.3) is 0 Å². The summed E-state index contributed by atoms with van der Waals surface area (Å²) in [6.07, 6.45) is 4.42. The summed E-state index contributed by atoms with van der Waals surface area (Å²) in [4.78, 5) is 17.4. The van der Waals surface area contributed by atoms with Crippen LogP contribution in [0.25, 0.3) is 5.69 Å². The van der Waals surface area contributed by atoms with E-state index in [0.29, 0.717) is 6.54 Å². The van der Waals surface area contributed by atoms with Crippen LogP contribution in [0.4, 0.5) is 0 Å². The molecule has 1 aliphatic rings. The molecule has 0 saturated carbocycles. The van der Waals surface area contributed by atoms with E-state index < -0.39 is 0 Å². The summed E-state index contributed by atoms with van der Waals surface area (Å²) in [6, 6.07) is 10.2. The van der Waals surface area contributed by atoms with E-state index in [-0.39, 0.29) is 11.9 Å². The second-order valence-corrected chi connectivity index (χ2v) is 7.64. The van der Waals surface area contributed by atoms with Crippen molar-refractivity contribution in [3.63, 3.8) is 0 Å². The maximum Gasteiger partial charge on any atom is 0.239 e. The number of likely N-dealkylation sites (tertiary alicyclic amines) is 1. The third-order valence-corrected chi connectivity index (χ3v) is 5.62. The number of hydrogen-bond donors (Lipinski definition) is 0. The molecule has 27 heavy (non-hydrogen) atoms. The Balaban J connectivity index is 1.76. The van der Waals surface area contributed by atoms with E-state index in [4.69, 9.17) is 5.10 Å². The first-order chi connectivity index (χ1) is 13.0. The zero-order valence-corrected chi connectivity index (χ0v) is 17.1. The van der Waals surface area contributed by atoms with Gasteiger partial charge in [0.2, 0.25) is 5.91 Å². The molecular weight excluding hydrogens is 336 g/mol. The Morgan fingerprint density at radius 2 is 1.96 bits per heavy atom. The normalized spacial score (nSPS) is 17.9. The lowest BCUT2D eigenvalue weighted by Gasteiger charge is -2.36. The van der Waals surface area contributed by atoms with Gasteiger partial charge in [-0.1, -0.05) is 31.5 Å². The molecule has 0 radical (unpaired) electrons. The fraction of sp³-hybridized carbons (Fsp3) is 0.545. The van der Waals surface area contributed by atoms with Gasteiger partial charge in [-0.25, -0.2) is 4.68 Å². The van der Waals surface area contributed by atoms with Crippen molar-refractivity contribution in [1.29, 1.82) is 0 Å². The average Bonchev–Trinajstić information content (AvgIpc) is 2.97. The van der Waals surface area contributed by atoms with Crippen molar-refractivity contribution in [1.82, 2.24) is 19.6 Å². The minimum absolute atomic E-state index is 0.0356. The summed E-state index contributed by atoms with van der Waals surface area (Å²) in [6.45, 7) is 8.97. The summed E-state index contributed by atoms with van der Waals surface area (Å²) in [7, 11) is 1.93.